The molecule has 8 heteroatoms. The van der Waals surface area contributed by atoms with Crippen molar-refractivity contribution in [3.63, 3.8) is 0 Å². The molecule has 0 aromatic heterocycles. The minimum atomic E-state index is -3.34. The van der Waals surface area contributed by atoms with Crippen LogP contribution in [0.1, 0.15) is 54.8 Å². The molecule has 1 saturated carbocycles. The van der Waals surface area contributed by atoms with E-state index in [-0.39, 0.29) is 24.4 Å². The number of hydroxylamine groups is 2. The average molecular weight is 547 g/mol. The predicted molar refractivity (Wildman–Crippen MR) is 154 cm³/mol. The van der Waals surface area contributed by atoms with Crippen LogP contribution in [0.4, 0.5) is 0 Å². The SMILES string of the molecule is CON(C)C(=O)C[C@@H](NP1(=O)N(Cc2ccccc2)[C@H]2CCCC[C@@H]2N1Cc1ccccc1)c1ccccc1. The van der Waals surface area contributed by atoms with Crippen molar-refractivity contribution in [3.8, 4) is 0 Å². The molecular weight excluding hydrogens is 507 g/mol. The van der Waals surface area contributed by atoms with Gasteiger partial charge in [-0.2, -0.15) is 0 Å². The molecule has 1 heterocycles. The van der Waals surface area contributed by atoms with Crippen molar-refractivity contribution >= 4 is 13.5 Å². The molecule has 7 nitrogen and oxygen atoms in total. The Morgan fingerprint density at radius 2 is 1.33 bits per heavy atom. The number of nitrogens with one attached hydrogen (secondary N) is 1. The van der Waals surface area contributed by atoms with Gasteiger partial charge in [-0.3, -0.25) is 14.2 Å². The summed E-state index contributed by atoms with van der Waals surface area (Å²) in [6, 6.07) is 30.4. The summed E-state index contributed by atoms with van der Waals surface area (Å²) in [6.07, 6.45) is 4.41. The topological polar surface area (TPSA) is 65.1 Å². The first-order valence-electron chi connectivity index (χ1n) is 13.8. The number of rotatable bonds is 10. The Kier molecular flexibility index (Phi) is 8.96. The molecule has 3 atom stereocenters. The zero-order chi connectivity index (χ0) is 27.2. The highest BCUT2D eigenvalue weighted by Gasteiger charge is 2.55. The highest BCUT2D eigenvalue weighted by atomic mass is 31.2. The fraction of sp³-hybridized carbons (Fsp3) is 0.387. The summed E-state index contributed by atoms with van der Waals surface area (Å²) in [7, 11) is -0.245. The number of nitrogens with zero attached hydrogens (tertiary/aromatic N) is 3. The molecule has 5 rings (SSSR count). The van der Waals surface area contributed by atoms with E-state index >= 15 is 4.57 Å². The van der Waals surface area contributed by atoms with Crippen molar-refractivity contribution < 1.29 is 14.2 Å². The van der Waals surface area contributed by atoms with Crippen LogP contribution in [0.15, 0.2) is 91.0 Å². The van der Waals surface area contributed by atoms with Crippen molar-refractivity contribution in [2.24, 2.45) is 0 Å². The largest absolute Gasteiger partial charge is 0.286 e. The predicted octanol–water partition coefficient (Wildman–Crippen LogP) is 6.16. The van der Waals surface area contributed by atoms with Crippen LogP contribution in [-0.4, -0.2) is 46.6 Å². The lowest BCUT2D eigenvalue weighted by Gasteiger charge is -2.35. The third kappa shape index (κ3) is 6.19. The summed E-state index contributed by atoms with van der Waals surface area (Å²) < 4.78 is 20.1. The van der Waals surface area contributed by atoms with Gasteiger partial charge in [-0.15, -0.1) is 0 Å². The molecule has 1 aliphatic heterocycles. The Morgan fingerprint density at radius 3 is 1.79 bits per heavy atom. The maximum absolute atomic E-state index is 15.6. The van der Waals surface area contributed by atoms with Gasteiger partial charge in [0.05, 0.1) is 7.11 Å². The van der Waals surface area contributed by atoms with Crippen LogP contribution in [0.2, 0.25) is 0 Å². The van der Waals surface area contributed by atoms with Gasteiger partial charge in [0.25, 0.3) is 7.59 Å². The lowest BCUT2D eigenvalue weighted by Crippen LogP contribution is -2.39. The molecule has 3 aromatic carbocycles. The van der Waals surface area contributed by atoms with Crippen LogP contribution in [0.25, 0.3) is 0 Å². The van der Waals surface area contributed by atoms with Gasteiger partial charge in [0.2, 0.25) is 5.91 Å². The molecule has 206 valence electrons. The van der Waals surface area contributed by atoms with Gasteiger partial charge in [0.1, 0.15) is 0 Å². The van der Waals surface area contributed by atoms with Gasteiger partial charge in [-0.05, 0) is 29.5 Å². The third-order valence-electron chi connectivity index (χ3n) is 8.06. The molecule has 1 amide bonds. The normalized spacial score (nSPS) is 21.8. The van der Waals surface area contributed by atoms with Gasteiger partial charge >= 0.3 is 0 Å². The second-order valence-electron chi connectivity index (χ2n) is 10.5. The van der Waals surface area contributed by atoms with Gasteiger partial charge in [0.15, 0.2) is 0 Å². The minimum absolute atomic E-state index is 0.131. The molecule has 0 spiro atoms. The van der Waals surface area contributed by atoms with Crippen molar-refractivity contribution in [3.05, 3.63) is 108 Å². The number of fused-ring (bicyclic) bond motifs is 1. The Bertz CT molecular complexity index is 1200. The molecule has 39 heavy (non-hydrogen) atoms. The molecule has 1 aliphatic carbocycles. The molecule has 2 aliphatic rings. The molecule has 1 N–H and O–H groups in total. The maximum Gasteiger partial charge on any atom is 0.286 e. The molecule has 0 radical (unpaired) electrons. The number of hydrogen-bond acceptors (Lipinski definition) is 3. The zero-order valence-electron chi connectivity index (χ0n) is 22.9. The number of amides is 1. The summed E-state index contributed by atoms with van der Waals surface area (Å²) in [5.74, 6) is -0.175. The van der Waals surface area contributed by atoms with Crippen molar-refractivity contribution in [1.29, 1.82) is 0 Å². The smallest absolute Gasteiger partial charge is 0.275 e. The monoisotopic (exact) mass is 546 g/mol. The van der Waals surface area contributed by atoms with Crippen LogP contribution in [0, 0.1) is 0 Å². The highest BCUT2D eigenvalue weighted by Crippen LogP contribution is 2.63. The quantitative estimate of drug-likeness (QED) is 0.243. The summed E-state index contributed by atoms with van der Waals surface area (Å²) >= 11 is 0. The maximum atomic E-state index is 15.6. The van der Waals surface area contributed by atoms with E-state index in [0.29, 0.717) is 13.1 Å². The standard InChI is InChI=1S/C31H39N4O3P/c1-33(38-2)31(36)22-28(27-18-10-5-11-19-27)32-39(37)34(23-25-14-6-3-7-15-25)29-20-12-13-21-30(29)35(39)24-26-16-8-4-9-17-26/h3-11,14-19,28-30H,12-13,20-24H2,1-2H3,(H,32,37)/t28-,29+,30+/m1/s1. The summed E-state index contributed by atoms with van der Waals surface area (Å²) in [6.45, 7) is 1.18. The molecule has 0 bridgehead atoms. The first-order valence-corrected chi connectivity index (χ1v) is 15.5. The van der Waals surface area contributed by atoms with Crippen LogP contribution < -0.4 is 5.09 Å². The fourth-order valence-electron chi connectivity index (χ4n) is 5.98. The second-order valence-corrected chi connectivity index (χ2v) is 12.9. The summed E-state index contributed by atoms with van der Waals surface area (Å²) in [5, 5.41) is 4.86. The lowest BCUT2D eigenvalue weighted by molar-refractivity contribution is -0.169. The Hall–Kier alpha value is -2.80. The van der Waals surface area contributed by atoms with Crippen LogP contribution in [0.3, 0.4) is 0 Å². The zero-order valence-corrected chi connectivity index (χ0v) is 23.8. The fourth-order valence-corrected chi connectivity index (χ4v) is 9.27. The molecule has 2 fully saturated rings. The second kappa shape index (κ2) is 12.6. The van der Waals surface area contributed by atoms with Gasteiger partial charge in [-0.1, -0.05) is 104 Å². The van der Waals surface area contributed by atoms with E-state index < -0.39 is 13.6 Å². The minimum Gasteiger partial charge on any atom is -0.275 e. The number of benzene rings is 3. The van der Waals surface area contributed by atoms with E-state index in [9.17, 15) is 4.79 Å². The number of carbonyl (C=O) groups excluding carboxylic acids is 1. The van der Waals surface area contributed by atoms with E-state index in [1.54, 1.807) is 7.05 Å². The third-order valence-corrected chi connectivity index (χ3v) is 11.0. The van der Waals surface area contributed by atoms with Crippen molar-refractivity contribution in [2.45, 2.75) is 63.3 Å². The van der Waals surface area contributed by atoms with Crippen LogP contribution >= 0.6 is 7.59 Å². The van der Waals surface area contributed by atoms with E-state index in [4.69, 9.17) is 4.84 Å². The average Bonchev–Trinajstić information content (AvgIpc) is 3.20. The number of hydrogen-bond donors (Lipinski definition) is 1. The Labute approximate surface area is 232 Å². The lowest BCUT2D eigenvalue weighted by atomic mass is 9.90. The van der Waals surface area contributed by atoms with E-state index in [0.717, 1.165) is 42.4 Å². The van der Waals surface area contributed by atoms with E-state index in [2.05, 4.69) is 38.7 Å². The first kappa shape index (κ1) is 27.8. The van der Waals surface area contributed by atoms with Gasteiger partial charge in [-0.25, -0.2) is 19.5 Å². The Balaban J connectivity index is 1.56. The summed E-state index contributed by atoms with van der Waals surface area (Å²) in [5.41, 5.74) is 3.20. The highest BCUT2D eigenvalue weighted by molar-refractivity contribution is 7.57. The van der Waals surface area contributed by atoms with Crippen LogP contribution in [-0.2, 0) is 27.3 Å². The van der Waals surface area contributed by atoms with Crippen LogP contribution in [0.5, 0.6) is 0 Å². The van der Waals surface area contributed by atoms with E-state index in [1.807, 2.05) is 66.7 Å². The summed E-state index contributed by atoms with van der Waals surface area (Å²) in [4.78, 5) is 18.3. The van der Waals surface area contributed by atoms with Gasteiger partial charge in [0, 0.05) is 44.7 Å². The first-order chi connectivity index (χ1) is 19.0. The molecule has 3 aromatic rings. The Morgan fingerprint density at radius 1 is 0.872 bits per heavy atom. The van der Waals surface area contributed by atoms with Gasteiger partial charge < -0.3 is 0 Å². The van der Waals surface area contributed by atoms with Crippen molar-refractivity contribution in [2.75, 3.05) is 14.2 Å². The molecule has 0 unspecified atom stereocenters. The molecule has 1 saturated heterocycles. The number of carbonyl (C=O) groups is 1. The molecular formula is C31H39N4O3P. The van der Waals surface area contributed by atoms with Crippen molar-refractivity contribution in [1.82, 2.24) is 19.5 Å². The van der Waals surface area contributed by atoms with E-state index in [1.165, 1.54) is 12.2 Å².